The average Bonchev–Trinajstić information content (AvgIpc) is 2.47. The summed E-state index contributed by atoms with van der Waals surface area (Å²) in [5.41, 5.74) is -0.775. The second-order valence-corrected chi connectivity index (χ2v) is 6.16. The third kappa shape index (κ3) is 3.64. The Morgan fingerprint density at radius 1 is 1.08 bits per heavy atom. The van der Waals surface area contributed by atoms with Crippen LogP contribution in [0.1, 0.15) is 5.56 Å². The molecule has 0 atom stereocenters. The number of hydrogen-bond acceptors (Lipinski definition) is 8. The van der Waals surface area contributed by atoms with Crippen LogP contribution in [0.25, 0.3) is 0 Å². The summed E-state index contributed by atoms with van der Waals surface area (Å²) in [7, 11) is -4.76. The fourth-order valence-electron chi connectivity index (χ4n) is 1.76. The zero-order chi connectivity index (χ0) is 18.1. The van der Waals surface area contributed by atoms with Crippen molar-refractivity contribution in [2.24, 2.45) is 10.2 Å². The Labute approximate surface area is 135 Å². The molecule has 0 spiro atoms. The number of nitro groups is 1. The molecule has 0 radical (unpaired) electrons. The van der Waals surface area contributed by atoms with Gasteiger partial charge in [-0.15, -0.1) is 10.2 Å². The number of nitrogens with zero attached hydrogens (tertiary/aromatic N) is 3. The topological polar surface area (TPSA) is 163 Å². The lowest BCUT2D eigenvalue weighted by Crippen LogP contribution is -1.99. The van der Waals surface area contributed by atoms with E-state index in [4.69, 9.17) is 4.55 Å². The van der Waals surface area contributed by atoms with E-state index in [1.54, 1.807) is 13.0 Å². The van der Waals surface area contributed by atoms with Gasteiger partial charge in [0.1, 0.15) is 22.0 Å². The Kier molecular flexibility index (Phi) is 4.48. The lowest BCUT2D eigenvalue weighted by Gasteiger charge is -2.03. The van der Waals surface area contributed by atoms with Gasteiger partial charge in [-0.3, -0.25) is 14.7 Å². The first kappa shape index (κ1) is 17.3. The number of aromatic hydroxyl groups is 2. The van der Waals surface area contributed by atoms with Crippen LogP contribution in [0.3, 0.4) is 0 Å². The van der Waals surface area contributed by atoms with Crippen LogP contribution in [-0.2, 0) is 10.1 Å². The Morgan fingerprint density at radius 2 is 1.71 bits per heavy atom. The standard InChI is InChI=1S/C13H11N3O7S/c1-7-2-3-12(17)9(4-7)14-15-10-5-8(24(21,22)23)6-11(13(10)18)16(19)20/h2-6,17-18H,1H3,(H,21,22,23). The summed E-state index contributed by atoms with van der Waals surface area (Å²) in [5, 5.41) is 37.5. The molecule has 0 heterocycles. The van der Waals surface area contributed by atoms with Crippen LogP contribution in [0.2, 0.25) is 0 Å². The van der Waals surface area contributed by atoms with E-state index in [-0.39, 0.29) is 11.4 Å². The number of phenolic OH excluding ortho intramolecular Hbond substituents is 2. The fraction of sp³-hybridized carbons (Fsp3) is 0.0769. The minimum absolute atomic E-state index is 0.00862. The van der Waals surface area contributed by atoms with Gasteiger partial charge in [0.2, 0.25) is 5.75 Å². The van der Waals surface area contributed by atoms with E-state index in [9.17, 15) is 28.7 Å². The molecule has 24 heavy (non-hydrogen) atoms. The molecule has 0 aliphatic rings. The molecule has 0 aliphatic heterocycles. The van der Waals surface area contributed by atoms with Gasteiger partial charge >= 0.3 is 5.69 Å². The Bertz CT molecular complexity index is 954. The average molecular weight is 353 g/mol. The summed E-state index contributed by atoms with van der Waals surface area (Å²) in [4.78, 5) is 9.02. The quantitative estimate of drug-likeness (QED) is 0.329. The predicted molar refractivity (Wildman–Crippen MR) is 81.6 cm³/mol. The number of rotatable bonds is 4. The van der Waals surface area contributed by atoms with Crippen molar-refractivity contribution in [3.8, 4) is 11.5 Å². The molecule has 11 heteroatoms. The Balaban J connectivity index is 2.61. The maximum Gasteiger partial charge on any atom is 0.314 e. The normalized spacial score (nSPS) is 11.8. The van der Waals surface area contributed by atoms with Crippen molar-refractivity contribution in [3.63, 3.8) is 0 Å². The molecule has 2 rings (SSSR count). The van der Waals surface area contributed by atoms with Gasteiger partial charge < -0.3 is 10.2 Å². The number of benzene rings is 2. The second-order valence-electron chi connectivity index (χ2n) is 4.73. The lowest BCUT2D eigenvalue weighted by atomic mass is 10.2. The molecule has 126 valence electrons. The van der Waals surface area contributed by atoms with Crippen molar-refractivity contribution in [1.29, 1.82) is 0 Å². The molecule has 0 bridgehead atoms. The van der Waals surface area contributed by atoms with E-state index in [0.717, 1.165) is 5.56 Å². The number of aryl methyl sites for hydroxylation is 1. The van der Waals surface area contributed by atoms with Crippen LogP contribution in [-0.4, -0.2) is 28.1 Å². The highest BCUT2D eigenvalue weighted by molar-refractivity contribution is 7.85. The van der Waals surface area contributed by atoms with Gasteiger partial charge in [-0.25, -0.2) is 0 Å². The van der Waals surface area contributed by atoms with E-state index >= 15 is 0 Å². The van der Waals surface area contributed by atoms with Crippen LogP contribution < -0.4 is 0 Å². The highest BCUT2D eigenvalue weighted by Crippen LogP contribution is 2.40. The second kappa shape index (κ2) is 6.22. The molecular formula is C13H11N3O7S. The van der Waals surface area contributed by atoms with Crippen LogP contribution in [0.15, 0.2) is 45.5 Å². The van der Waals surface area contributed by atoms with Gasteiger partial charge in [-0.2, -0.15) is 8.42 Å². The van der Waals surface area contributed by atoms with Gasteiger partial charge in [0.25, 0.3) is 10.1 Å². The highest BCUT2D eigenvalue weighted by atomic mass is 32.2. The molecule has 0 saturated heterocycles. The molecule has 10 nitrogen and oxygen atoms in total. The van der Waals surface area contributed by atoms with E-state index in [1.807, 2.05) is 0 Å². The van der Waals surface area contributed by atoms with E-state index in [2.05, 4.69) is 10.2 Å². The Hall–Kier alpha value is -3.05. The van der Waals surface area contributed by atoms with Gasteiger partial charge in [0.15, 0.2) is 0 Å². The molecular weight excluding hydrogens is 342 g/mol. The number of hydrogen-bond donors (Lipinski definition) is 3. The van der Waals surface area contributed by atoms with Crippen LogP contribution >= 0.6 is 0 Å². The minimum atomic E-state index is -4.76. The van der Waals surface area contributed by atoms with Crippen molar-refractivity contribution in [1.82, 2.24) is 0 Å². The SMILES string of the molecule is Cc1ccc(O)c(N=Nc2cc(S(=O)(=O)O)cc([N+](=O)[O-])c2O)c1. The van der Waals surface area contributed by atoms with Gasteiger partial charge in [-0.1, -0.05) is 6.07 Å². The predicted octanol–water partition coefficient (Wildman–Crippen LogP) is 2.98. The zero-order valence-corrected chi connectivity index (χ0v) is 12.9. The Morgan fingerprint density at radius 3 is 2.29 bits per heavy atom. The van der Waals surface area contributed by atoms with Crippen LogP contribution in [0.5, 0.6) is 11.5 Å². The van der Waals surface area contributed by atoms with Crippen molar-refractivity contribution in [2.75, 3.05) is 0 Å². The third-order valence-electron chi connectivity index (χ3n) is 2.93. The monoisotopic (exact) mass is 353 g/mol. The molecule has 0 fully saturated rings. The molecule has 2 aromatic carbocycles. The minimum Gasteiger partial charge on any atom is -0.506 e. The lowest BCUT2D eigenvalue weighted by molar-refractivity contribution is -0.386. The summed E-state index contributed by atoms with van der Waals surface area (Å²) in [5.74, 6) is -1.16. The summed E-state index contributed by atoms with van der Waals surface area (Å²) in [6.45, 7) is 1.72. The zero-order valence-electron chi connectivity index (χ0n) is 12.1. The summed E-state index contributed by atoms with van der Waals surface area (Å²) < 4.78 is 31.4. The van der Waals surface area contributed by atoms with E-state index < -0.39 is 37.1 Å². The van der Waals surface area contributed by atoms with Gasteiger partial charge in [0.05, 0.1) is 4.92 Å². The molecule has 0 unspecified atom stereocenters. The van der Waals surface area contributed by atoms with Gasteiger partial charge in [-0.05, 0) is 30.7 Å². The first-order valence-electron chi connectivity index (χ1n) is 6.30. The molecule has 2 aromatic rings. The summed E-state index contributed by atoms with van der Waals surface area (Å²) in [6.07, 6.45) is 0. The van der Waals surface area contributed by atoms with Crippen LogP contribution in [0.4, 0.5) is 17.1 Å². The first-order chi connectivity index (χ1) is 11.1. The van der Waals surface area contributed by atoms with Crippen molar-refractivity contribution < 1.29 is 28.1 Å². The molecule has 0 saturated carbocycles. The maximum absolute atomic E-state index is 11.2. The maximum atomic E-state index is 11.2. The first-order valence-corrected chi connectivity index (χ1v) is 7.74. The number of nitro benzene ring substituents is 1. The molecule has 0 aliphatic carbocycles. The summed E-state index contributed by atoms with van der Waals surface area (Å²) >= 11 is 0. The third-order valence-corrected chi connectivity index (χ3v) is 3.77. The van der Waals surface area contributed by atoms with Crippen LogP contribution in [0, 0.1) is 17.0 Å². The van der Waals surface area contributed by atoms with Gasteiger partial charge in [0, 0.05) is 6.07 Å². The fourth-order valence-corrected chi connectivity index (χ4v) is 2.29. The molecule has 0 aromatic heterocycles. The molecule has 3 N–H and O–H groups in total. The number of phenols is 2. The summed E-state index contributed by atoms with van der Waals surface area (Å²) in [6, 6.07) is 5.62. The van der Waals surface area contributed by atoms with Crippen molar-refractivity contribution in [3.05, 3.63) is 46.0 Å². The van der Waals surface area contributed by atoms with Crippen molar-refractivity contribution in [2.45, 2.75) is 11.8 Å². The molecule has 0 amide bonds. The smallest absolute Gasteiger partial charge is 0.314 e. The number of azo groups is 1. The van der Waals surface area contributed by atoms with E-state index in [1.165, 1.54) is 12.1 Å². The largest absolute Gasteiger partial charge is 0.506 e. The highest BCUT2D eigenvalue weighted by Gasteiger charge is 2.24. The van der Waals surface area contributed by atoms with Crippen molar-refractivity contribution >= 4 is 27.2 Å². The van der Waals surface area contributed by atoms with E-state index in [0.29, 0.717) is 12.1 Å².